The number of para-hydroxylation sites is 2. The average molecular weight is 446 g/mol. The van der Waals surface area contributed by atoms with Gasteiger partial charge in [-0.25, -0.2) is 9.59 Å². The smallest absolute Gasteiger partial charge is 0.344 e. The summed E-state index contributed by atoms with van der Waals surface area (Å²) in [6.45, 7) is 7.79. The second-order valence-corrected chi connectivity index (χ2v) is 8.90. The molecular formula is C26H22O7. The predicted octanol–water partition coefficient (Wildman–Crippen LogP) is 4.90. The Balaban J connectivity index is 1.81. The first-order valence-electron chi connectivity index (χ1n) is 10.8. The molecule has 1 atom stereocenters. The van der Waals surface area contributed by atoms with E-state index in [4.69, 9.17) is 13.6 Å². The lowest BCUT2D eigenvalue weighted by atomic mass is 9.91. The Kier molecular flexibility index (Phi) is 4.67. The number of hydrogen-bond donors (Lipinski definition) is 1. The van der Waals surface area contributed by atoms with Gasteiger partial charge in [0.1, 0.15) is 28.4 Å². The lowest BCUT2D eigenvalue weighted by molar-refractivity contribution is -0.133. The molecule has 7 nitrogen and oxygen atoms in total. The third-order valence-corrected chi connectivity index (χ3v) is 6.18. The molecule has 0 fully saturated rings. The number of aromatic hydroxyl groups is 1. The van der Waals surface area contributed by atoms with E-state index >= 15 is 0 Å². The molecule has 2 aromatic carbocycles. The van der Waals surface area contributed by atoms with Crippen LogP contribution in [-0.2, 0) is 4.79 Å². The fourth-order valence-electron chi connectivity index (χ4n) is 4.54. The molecule has 0 saturated heterocycles. The average Bonchev–Trinajstić information content (AvgIpc) is 3.10. The van der Waals surface area contributed by atoms with E-state index in [0.717, 1.165) is 11.1 Å². The molecular weight excluding hydrogens is 424 g/mol. The molecule has 1 aliphatic rings. The number of benzene rings is 2. The summed E-state index contributed by atoms with van der Waals surface area (Å²) in [5.41, 5.74) is -0.0314. The van der Waals surface area contributed by atoms with E-state index in [2.05, 4.69) is 0 Å². The first kappa shape index (κ1) is 21.0. The topological polar surface area (TPSA) is 107 Å². The molecule has 5 rings (SSSR count). The number of rotatable bonds is 3. The number of carbonyl (C=O) groups is 1. The van der Waals surface area contributed by atoms with Crippen LogP contribution in [0.15, 0.2) is 54.8 Å². The Labute approximate surface area is 188 Å². The van der Waals surface area contributed by atoms with Crippen molar-refractivity contribution in [1.82, 2.24) is 0 Å². The van der Waals surface area contributed by atoms with Crippen LogP contribution in [0.1, 0.15) is 67.7 Å². The monoisotopic (exact) mass is 446 g/mol. The molecule has 1 aliphatic heterocycles. The summed E-state index contributed by atoms with van der Waals surface area (Å²) in [6, 6.07) is 10.5. The minimum absolute atomic E-state index is 0.0350. The fourth-order valence-corrected chi connectivity index (χ4v) is 4.54. The minimum Gasteiger partial charge on any atom is -0.507 e. The minimum atomic E-state index is -1.45. The van der Waals surface area contributed by atoms with Crippen molar-refractivity contribution in [3.63, 3.8) is 0 Å². The molecule has 0 saturated carbocycles. The Bertz CT molecular complexity index is 1570. The first-order valence-corrected chi connectivity index (χ1v) is 10.8. The quantitative estimate of drug-likeness (QED) is 0.352. The maximum atomic E-state index is 13.0. The van der Waals surface area contributed by atoms with Crippen molar-refractivity contribution < 1.29 is 23.5 Å². The van der Waals surface area contributed by atoms with Gasteiger partial charge in [-0.1, -0.05) is 52.0 Å². The maximum Gasteiger partial charge on any atom is 0.344 e. The molecule has 168 valence electrons. The third-order valence-electron chi connectivity index (χ3n) is 6.18. The van der Waals surface area contributed by atoms with E-state index < -0.39 is 28.9 Å². The second-order valence-electron chi connectivity index (χ2n) is 8.90. The summed E-state index contributed by atoms with van der Waals surface area (Å²) in [4.78, 5) is 39.0. The van der Waals surface area contributed by atoms with Crippen LogP contribution in [0.4, 0.5) is 0 Å². The summed E-state index contributed by atoms with van der Waals surface area (Å²) in [7, 11) is 0. The van der Waals surface area contributed by atoms with Gasteiger partial charge in [-0.3, -0.25) is 4.79 Å². The molecule has 3 heterocycles. The summed E-state index contributed by atoms with van der Waals surface area (Å²) in [5.74, 6) is -2.56. The van der Waals surface area contributed by atoms with Gasteiger partial charge in [0.25, 0.3) is 0 Å². The predicted molar refractivity (Wildman–Crippen MR) is 122 cm³/mol. The summed E-state index contributed by atoms with van der Waals surface area (Å²) in [5, 5.41) is 11.8. The van der Waals surface area contributed by atoms with Crippen LogP contribution < -0.4 is 16.0 Å². The van der Waals surface area contributed by atoms with Crippen molar-refractivity contribution in [2.45, 2.75) is 45.4 Å². The van der Waals surface area contributed by atoms with Crippen LogP contribution in [0.5, 0.6) is 11.5 Å². The molecule has 1 N–H and O–H groups in total. The third kappa shape index (κ3) is 2.99. The number of esters is 1. The summed E-state index contributed by atoms with van der Waals surface area (Å²) < 4.78 is 16.7. The van der Waals surface area contributed by atoms with Crippen LogP contribution in [0.2, 0.25) is 0 Å². The van der Waals surface area contributed by atoms with Crippen LogP contribution in [-0.4, -0.2) is 11.1 Å². The molecule has 0 aliphatic carbocycles. The molecule has 4 aromatic rings. The van der Waals surface area contributed by atoms with E-state index in [-0.39, 0.29) is 39.7 Å². The van der Waals surface area contributed by atoms with Crippen molar-refractivity contribution >= 4 is 27.9 Å². The van der Waals surface area contributed by atoms with Gasteiger partial charge in [-0.15, -0.1) is 0 Å². The van der Waals surface area contributed by atoms with Gasteiger partial charge in [-0.2, -0.15) is 0 Å². The molecule has 0 spiro atoms. The lowest BCUT2D eigenvalue weighted by Gasteiger charge is -2.13. The van der Waals surface area contributed by atoms with Crippen molar-refractivity contribution in [3.05, 3.63) is 79.5 Å². The zero-order valence-electron chi connectivity index (χ0n) is 18.6. The second kappa shape index (κ2) is 7.33. The summed E-state index contributed by atoms with van der Waals surface area (Å²) >= 11 is 0. The van der Waals surface area contributed by atoms with Crippen LogP contribution in [0.3, 0.4) is 0 Å². The molecule has 7 heteroatoms. The highest BCUT2D eigenvalue weighted by molar-refractivity contribution is 5.99. The van der Waals surface area contributed by atoms with Crippen LogP contribution in [0, 0.1) is 0 Å². The largest absolute Gasteiger partial charge is 0.507 e. The Morgan fingerprint density at radius 2 is 1.27 bits per heavy atom. The molecule has 0 bridgehead atoms. The highest BCUT2D eigenvalue weighted by Crippen LogP contribution is 2.45. The zero-order valence-corrected chi connectivity index (χ0v) is 18.6. The van der Waals surface area contributed by atoms with Crippen molar-refractivity contribution in [3.8, 4) is 11.5 Å². The highest BCUT2D eigenvalue weighted by Gasteiger charge is 2.43. The highest BCUT2D eigenvalue weighted by atomic mass is 16.5. The van der Waals surface area contributed by atoms with Gasteiger partial charge in [0.15, 0.2) is 5.75 Å². The molecule has 0 amide bonds. The van der Waals surface area contributed by atoms with Gasteiger partial charge in [0.2, 0.25) is 0 Å². The maximum absolute atomic E-state index is 13.0. The Hall–Kier alpha value is -3.87. The first-order chi connectivity index (χ1) is 15.7. The van der Waals surface area contributed by atoms with Gasteiger partial charge in [-0.05, 0) is 35.1 Å². The van der Waals surface area contributed by atoms with Crippen LogP contribution in [0.25, 0.3) is 21.9 Å². The van der Waals surface area contributed by atoms with E-state index in [1.165, 1.54) is 0 Å². The molecule has 1 unspecified atom stereocenters. The Morgan fingerprint density at radius 1 is 0.758 bits per heavy atom. The number of hydrogen-bond acceptors (Lipinski definition) is 7. The van der Waals surface area contributed by atoms with E-state index in [0.29, 0.717) is 11.0 Å². The van der Waals surface area contributed by atoms with Gasteiger partial charge < -0.3 is 18.7 Å². The van der Waals surface area contributed by atoms with E-state index in [1.54, 1.807) is 30.3 Å². The SMILES string of the molecule is CC(C)c1cccc2c(O)c(C3C(=O)Oc4c3c(=O)oc3c(C(C)C)cccc43)c(=O)oc12. The zero-order chi connectivity index (χ0) is 23.6. The lowest BCUT2D eigenvalue weighted by Crippen LogP contribution is -2.22. The van der Waals surface area contributed by atoms with Gasteiger partial charge >= 0.3 is 17.2 Å². The number of fused-ring (bicyclic) bond motifs is 4. The van der Waals surface area contributed by atoms with Gasteiger partial charge in [0, 0.05) is 0 Å². The van der Waals surface area contributed by atoms with E-state index in [1.807, 2.05) is 33.8 Å². The van der Waals surface area contributed by atoms with Crippen molar-refractivity contribution in [1.29, 1.82) is 0 Å². The van der Waals surface area contributed by atoms with Crippen molar-refractivity contribution in [2.24, 2.45) is 0 Å². The fraction of sp³-hybridized carbons (Fsp3) is 0.269. The van der Waals surface area contributed by atoms with E-state index in [9.17, 15) is 19.5 Å². The number of carbonyl (C=O) groups excluding carboxylic acids is 1. The Morgan fingerprint density at radius 3 is 1.85 bits per heavy atom. The summed E-state index contributed by atoms with van der Waals surface area (Å²) in [6.07, 6.45) is 0. The number of ether oxygens (including phenoxy) is 1. The standard InChI is InChI=1S/C26H22O7/c1-11(2)13-7-5-9-15-20(27)18(25(29)31-21(13)15)17-19-23(33-24(17)28)16-10-6-8-14(12(3)4)22(16)32-26(19)30/h5-12,17,27H,1-4H3. The van der Waals surface area contributed by atoms with Gasteiger partial charge in [0.05, 0.1) is 16.3 Å². The molecule has 2 aromatic heterocycles. The van der Waals surface area contributed by atoms with Crippen molar-refractivity contribution in [2.75, 3.05) is 0 Å². The van der Waals surface area contributed by atoms with Crippen LogP contribution >= 0.6 is 0 Å². The molecule has 33 heavy (non-hydrogen) atoms. The normalized spacial score (nSPS) is 15.6. The molecule has 0 radical (unpaired) electrons.